The minimum absolute atomic E-state index is 0.674. The zero-order chi connectivity index (χ0) is 5.11. The molecule has 0 aromatic rings. The van der Waals surface area contributed by atoms with Crippen molar-refractivity contribution in [3.8, 4) is 0 Å². The van der Waals surface area contributed by atoms with Gasteiger partial charge in [0, 0.05) is 0 Å². The van der Waals surface area contributed by atoms with Crippen LogP contribution in [0.4, 0.5) is 0 Å². The van der Waals surface area contributed by atoms with Gasteiger partial charge in [-0.25, -0.2) is 0 Å². The van der Waals surface area contributed by atoms with Gasteiger partial charge in [-0.1, -0.05) is 0 Å². The second kappa shape index (κ2) is 2.90. The summed E-state index contributed by atoms with van der Waals surface area (Å²) in [4.78, 5) is 0. The van der Waals surface area contributed by atoms with E-state index in [1.165, 1.54) is 12.8 Å². The molecular formula is C6H12I-. The van der Waals surface area contributed by atoms with Gasteiger partial charge in [-0.3, -0.25) is 0 Å². The Morgan fingerprint density at radius 2 is 2.43 bits per heavy atom. The molecule has 44 valence electrons. The second-order valence-electron chi connectivity index (χ2n) is 2.28. The predicted octanol–water partition coefficient (Wildman–Crippen LogP) is -1.49. The Hall–Kier alpha value is 0.730. The van der Waals surface area contributed by atoms with Crippen molar-refractivity contribution in [2.45, 2.75) is 19.8 Å². The third kappa shape index (κ3) is 1.98. The molecule has 7 heavy (non-hydrogen) atoms. The summed E-state index contributed by atoms with van der Waals surface area (Å²) in [6, 6.07) is 0. The molecule has 0 unspecified atom stereocenters. The van der Waals surface area contributed by atoms with Crippen molar-refractivity contribution in [2.75, 3.05) is 8.86 Å². The molecule has 1 aliphatic rings. The van der Waals surface area contributed by atoms with Gasteiger partial charge in [0.1, 0.15) is 0 Å². The number of hydrogen-bond acceptors (Lipinski definition) is 0. The number of alkyl halides is 2. The Morgan fingerprint density at radius 1 is 1.57 bits per heavy atom. The third-order valence-corrected chi connectivity index (χ3v) is 4.99. The summed E-state index contributed by atoms with van der Waals surface area (Å²) in [5.41, 5.74) is 0. The van der Waals surface area contributed by atoms with E-state index >= 15 is 0 Å². The molecule has 0 aromatic heterocycles. The van der Waals surface area contributed by atoms with Crippen molar-refractivity contribution in [3.63, 3.8) is 0 Å². The molecular weight excluding hydrogens is 199 g/mol. The van der Waals surface area contributed by atoms with Gasteiger partial charge in [0.15, 0.2) is 0 Å². The first-order valence-electron chi connectivity index (χ1n) is 2.93. The molecule has 0 bridgehead atoms. The summed E-state index contributed by atoms with van der Waals surface area (Å²) in [7, 11) is 0. The van der Waals surface area contributed by atoms with Crippen LogP contribution in [0.3, 0.4) is 0 Å². The molecule has 0 spiro atoms. The minimum atomic E-state index is 0.674. The number of halogens is 1. The zero-order valence-electron chi connectivity index (χ0n) is 4.78. The molecule has 0 aliphatic carbocycles. The summed E-state index contributed by atoms with van der Waals surface area (Å²) < 4.78 is 3.20. The Labute approximate surface area is 55.9 Å². The molecule has 1 heteroatoms. The molecule has 0 saturated carbocycles. The molecule has 1 saturated heterocycles. The van der Waals surface area contributed by atoms with Gasteiger partial charge in [-0.2, -0.15) is 0 Å². The fourth-order valence-corrected chi connectivity index (χ4v) is 3.78. The molecule has 1 atom stereocenters. The van der Waals surface area contributed by atoms with Crippen LogP contribution in [-0.2, 0) is 0 Å². The molecule has 0 N–H and O–H groups in total. The predicted molar refractivity (Wildman–Crippen MR) is 28.1 cm³/mol. The first kappa shape index (κ1) is 5.86. The topological polar surface area (TPSA) is 0 Å². The van der Waals surface area contributed by atoms with Crippen LogP contribution in [0.15, 0.2) is 0 Å². The Kier molecular flexibility index (Phi) is 2.43. The van der Waals surface area contributed by atoms with Crippen LogP contribution >= 0.6 is 0 Å². The Balaban J connectivity index is 2.12. The molecule has 1 aliphatic heterocycles. The molecule has 1 rings (SSSR count). The average molecular weight is 211 g/mol. The van der Waals surface area contributed by atoms with Crippen LogP contribution in [0, 0.1) is 5.92 Å². The van der Waals surface area contributed by atoms with E-state index in [0.717, 1.165) is 5.92 Å². The first-order chi connectivity index (χ1) is 3.39. The van der Waals surface area contributed by atoms with E-state index in [1.807, 2.05) is 0 Å². The van der Waals surface area contributed by atoms with Crippen molar-refractivity contribution in [2.24, 2.45) is 5.92 Å². The van der Waals surface area contributed by atoms with Crippen molar-refractivity contribution in [3.05, 3.63) is 0 Å². The second-order valence-corrected chi connectivity index (χ2v) is 5.32. The molecule has 1 fully saturated rings. The quantitative estimate of drug-likeness (QED) is 0.338. The normalized spacial score (nSPS) is 34.1. The van der Waals surface area contributed by atoms with Crippen LogP contribution in [0.5, 0.6) is 0 Å². The van der Waals surface area contributed by atoms with Gasteiger partial charge in [0.25, 0.3) is 0 Å². The Bertz CT molecular complexity index is 46.1. The van der Waals surface area contributed by atoms with Crippen LogP contribution in [0.25, 0.3) is 0 Å². The maximum absolute atomic E-state index is 2.39. The van der Waals surface area contributed by atoms with Gasteiger partial charge in [-0.05, 0) is 0 Å². The molecule has 0 nitrogen and oxygen atoms in total. The van der Waals surface area contributed by atoms with Gasteiger partial charge in [0.2, 0.25) is 0 Å². The van der Waals surface area contributed by atoms with Crippen LogP contribution in [0.2, 0.25) is 0 Å². The summed E-state index contributed by atoms with van der Waals surface area (Å²) >= 11 is 0.674. The standard InChI is InChI=1S/C6H12I/c1-6-3-2-4-7-5-6/h6H,2-5H2,1H3/q-1/t6-/m1/s1. The van der Waals surface area contributed by atoms with Crippen LogP contribution in [-0.4, -0.2) is 8.86 Å². The van der Waals surface area contributed by atoms with E-state index in [2.05, 4.69) is 6.92 Å². The van der Waals surface area contributed by atoms with Gasteiger partial charge in [-0.15, -0.1) is 0 Å². The fourth-order valence-electron chi connectivity index (χ4n) is 0.861. The molecule has 0 radical (unpaired) electrons. The van der Waals surface area contributed by atoms with E-state index in [1.54, 1.807) is 8.86 Å². The first-order valence-corrected chi connectivity index (χ1v) is 5.98. The zero-order valence-corrected chi connectivity index (χ0v) is 6.94. The fraction of sp³-hybridized carbons (Fsp3) is 1.00. The SMILES string of the molecule is C[C@@H]1CCC[I-]C1. The van der Waals surface area contributed by atoms with E-state index in [0.29, 0.717) is 21.2 Å². The van der Waals surface area contributed by atoms with Gasteiger partial charge >= 0.3 is 55.7 Å². The van der Waals surface area contributed by atoms with Crippen LogP contribution < -0.4 is 21.2 Å². The van der Waals surface area contributed by atoms with Gasteiger partial charge < -0.3 is 0 Å². The summed E-state index contributed by atoms with van der Waals surface area (Å²) in [6.07, 6.45) is 3.05. The van der Waals surface area contributed by atoms with E-state index in [-0.39, 0.29) is 0 Å². The molecule has 0 aromatic carbocycles. The maximum atomic E-state index is 2.39. The van der Waals surface area contributed by atoms with Crippen molar-refractivity contribution in [1.29, 1.82) is 0 Å². The van der Waals surface area contributed by atoms with Gasteiger partial charge in [0.05, 0.1) is 0 Å². The van der Waals surface area contributed by atoms with Crippen LogP contribution in [0.1, 0.15) is 19.8 Å². The monoisotopic (exact) mass is 211 g/mol. The van der Waals surface area contributed by atoms with Crippen molar-refractivity contribution in [1.82, 2.24) is 0 Å². The number of rotatable bonds is 0. The molecule has 1 heterocycles. The average Bonchev–Trinajstić information content (AvgIpc) is 1.69. The summed E-state index contributed by atoms with van der Waals surface area (Å²) in [5, 5.41) is 0. The van der Waals surface area contributed by atoms with E-state index < -0.39 is 0 Å². The number of hydrogen-bond donors (Lipinski definition) is 0. The Morgan fingerprint density at radius 3 is 2.71 bits per heavy atom. The summed E-state index contributed by atoms with van der Waals surface area (Å²) in [6.45, 7) is 2.39. The third-order valence-electron chi connectivity index (χ3n) is 1.34. The van der Waals surface area contributed by atoms with E-state index in [4.69, 9.17) is 0 Å². The van der Waals surface area contributed by atoms with Crippen molar-refractivity contribution < 1.29 is 21.2 Å². The van der Waals surface area contributed by atoms with Crippen molar-refractivity contribution >= 4 is 0 Å². The van der Waals surface area contributed by atoms with E-state index in [9.17, 15) is 0 Å². The molecule has 0 amide bonds. The summed E-state index contributed by atoms with van der Waals surface area (Å²) in [5.74, 6) is 1.08.